The van der Waals surface area contributed by atoms with Crippen molar-refractivity contribution in [1.82, 2.24) is 0 Å². The molecule has 0 unspecified atom stereocenters. The number of rotatable bonds is 3. The maximum absolute atomic E-state index is 2.74. The highest BCUT2D eigenvalue weighted by Crippen LogP contribution is 2.54. The van der Waals surface area contributed by atoms with E-state index in [0.717, 1.165) is 0 Å². The first kappa shape index (κ1) is 42.6. The van der Waals surface area contributed by atoms with Crippen LogP contribution in [0.3, 0.4) is 0 Å². The first-order chi connectivity index (χ1) is 30.5. The van der Waals surface area contributed by atoms with E-state index in [9.17, 15) is 0 Å². The summed E-state index contributed by atoms with van der Waals surface area (Å²) < 4.78 is 0. The first-order valence-corrected chi connectivity index (χ1v) is 24.9. The Balaban J connectivity index is 1.26. The molecule has 0 fully saturated rings. The number of aryl methyl sites for hydroxylation is 2. The number of hydrogen-bond acceptors (Lipinski definition) is 2. The van der Waals surface area contributed by atoms with Gasteiger partial charge in [-0.05, 0) is 199 Å². The molecule has 2 heterocycles. The van der Waals surface area contributed by atoms with Crippen molar-refractivity contribution in [2.45, 2.75) is 168 Å². The Morgan fingerprint density at radius 1 is 0.369 bits per heavy atom. The molecule has 3 aliphatic carbocycles. The van der Waals surface area contributed by atoms with Gasteiger partial charge < -0.3 is 9.80 Å². The summed E-state index contributed by atoms with van der Waals surface area (Å²) in [6, 6.07) is 41.6. The zero-order valence-electron chi connectivity index (χ0n) is 42.0. The summed E-state index contributed by atoms with van der Waals surface area (Å²) in [6.07, 6.45) is 7.16. The molecular formula is C62H71BN2. The Kier molecular flexibility index (Phi) is 9.03. The summed E-state index contributed by atoms with van der Waals surface area (Å²) in [6.45, 7) is 34.5. The lowest BCUT2D eigenvalue weighted by Crippen LogP contribution is -2.62. The fourth-order valence-corrected chi connectivity index (χ4v) is 13.2. The van der Waals surface area contributed by atoms with Crippen molar-refractivity contribution < 1.29 is 0 Å². The number of anilines is 6. The lowest BCUT2D eigenvalue weighted by atomic mass is 9.33. The van der Waals surface area contributed by atoms with E-state index in [4.69, 9.17) is 0 Å². The maximum Gasteiger partial charge on any atom is 0.252 e. The van der Waals surface area contributed by atoms with Gasteiger partial charge in [-0.25, -0.2) is 0 Å². The lowest BCUT2D eigenvalue weighted by Gasteiger charge is -2.48. The van der Waals surface area contributed by atoms with E-state index in [0.29, 0.717) is 0 Å². The van der Waals surface area contributed by atoms with Crippen molar-refractivity contribution in [3.8, 4) is 11.1 Å². The van der Waals surface area contributed by atoms with Crippen molar-refractivity contribution >= 4 is 57.2 Å². The van der Waals surface area contributed by atoms with Crippen molar-refractivity contribution in [2.24, 2.45) is 0 Å². The normalized spacial score (nSPS) is 20.7. The topological polar surface area (TPSA) is 6.48 Å². The highest BCUT2D eigenvalue weighted by molar-refractivity contribution is 7.00. The SMILES string of the molecule is Cc1cc2c3c(c1)N(c1cc4c(cc1C)C(C)(C)CCC4(C)C)c1cc4c(cc1B3c1cc(-c3ccccc3)ccc1N2c1ccc2c(c1)C(C)(C)CCC2(C)C)C(C)(C)CCC4(C)C. The number of benzene rings is 6. The van der Waals surface area contributed by atoms with Gasteiger partial charge in [0.15, 0.2) is 0 Å². The average Bonchev–Trinajstić information content (AvgIpc) is 3.25. The highest BCUT2D eigenvalue weighted by Gasteiger charge is 2.48. The van der Waals surface area contributed by atoms with Crippen LogP contribution in [0.1, 0.15) is 166 Å². The van der Waals surface area contributed by atoms with Gasteiger partial charge in [-0.15, -0.1) is 0 Å². The minimum atomic E-state index is 0.0502. The van der Waals surface area contributed by atoms with Crippen LogP contribution in [0.15, 0.2) is 103 Å². The lowest BCUT2D eigenvalue weighted by molar-refractivity contribution is 0.331. The molecule has 0 atom stereocenters. The zero-order valence-corrected chi connectivity index (χ0v) is 42.0. The van der Waals surface area contributed by atoms with Gasteiger partial charge >= 0.3 is 0 Å². The molecule has 6 aromatic carbocycles. The van der Waals surface area contributed by atoms with Gasteiger partial charge in [0.25, 0.3) is 6.71 Å². The molecule has 5 aliphatic rings. The average molecular weight is 855 g/mol. The van der Waals surface area contributed by atoms with E-state index in [-0.39, 0.29) is 39.2 Å². The third kappa shape index (κ3) is 6.33. The minimum Gasteiger partial charge on any atom is -0.311 e. The molecule has 65 heavy (non-hydrogen) atoms. The van der Waals surface area contributed by atoms with Gasteiger partial charge in [0.2, 0.25) is 0 Å². The van der Waals surface area contributed by atoms with E-state index in [1.165, 1.54) is 145 Å². The molecule has 0 bridgehead atoms. The molecule has 6 aromatic rings. The van der Waals surface area contributed by atoms with Gasteiger partial charge in [0, 0.05) is 34.1 Å². The van der Waals surface area contributed by atoms with Crippen LogP contribution in [0, 0.1) is 13.8 Å². The summed E-state index contributed by atoms with van der Waals surface area (Å²) >= 11 is 0. The van der Waals surface area contributed by atoms with Gasteiger partial charge in [-0.2, -0.15) is 0 Å². The van der Waals surface area contributed by atoms with E-state index in [2.05, 4.69) is 210 Å². The molecule has 0 spiro atoms. The standard InChI is InChI=1S/C62H71BN2/c1-38-30-54-56-55(31-38)65(52-36-47-44(32-39(52)2)58(5,6)26-28-61(47,11)12)53-37-48-46(60(9,10)27-29-62(48,13)14)35-50(53)63(56)49-33-41(40-18-16-15-17-19-40)20-23-51(49)64(54)42-21-22-43-45(34-42)59(7,8)25-24-57(43,3)4/h15-23,30-37H,24-29H2,1-14H3. The molecule has 2 aliphatic heterocycles. The van der Waals surface area contributed by atoms with Crippen LogP contribution in [0.4, 0.5) is 34.1 Å². The molecule has 332 valence electrons. The van der Waals surface area contributed by atoms with Crippen LogP contribution < -0.4 is 26.2 Å². The van der Waals surface area contributed by atoms with Crippen LogP contribution >= 0.6 is 0 Å². The van der Waals surface area contributed by atoms with Gasteiger partial charge in [0.1, 0.15) is 0 Å². The second kappa shape index (κ2) is 13.8. The molecule has 3 heteroatoms. The third-order valence-corrected chi connectivity index (χ3v) is 17.8. The van der Waals surface area contributed by atoms with Gasteiger partial charge in [-0.3, -0.25) is 0 Å². The third-order valence-electron chi connectivity index (χ3n) is 17.8. The van der Waals surface area contributed by atoms with E-state index < -0.39 is 0 Å². The highest BCUT2D eigenvalue weighted by atomic mass is 15.2. The number of fused-ring (bicyclic) bond motifs is 7. The number of hydrogen-bond donors (Lipinski definition) is 0. The Hall–Kier alpha value is -5.02. The molecule has 0 saturated carbocycles. The van der Waals surface area contributed by atoms with Crippen LogP contribution in [-0.4, -0.2) is 6.71 Å². The fraction of sp³-hybridized carbons (Fsp3) is 0.419. The largest absolute Gasteiger partial charge is 0.311 e. The quantitative estimate of drug-likeness (QED) is 0.163. The van der Waals surface area contributed by atoms with Crippen LogP contribution in [0.2, 0.25) is 0 Å². The Morgan fingerprint density at radius 2 is 0.846 bits per heavy atom. The summed E-state index contributed by atoms with van der Waals surface area (Å²) in [7, 11) is 0. The van der Waals surface area contributed by atoms with E-state index >= 15 is 0 Å². The first-order valence-electron chi connectivity index (χ1n) is 24.9. The second-order valence-electron chi connectivity index (χ2n) is 25.1. The summed E-state index contributed by atoms with van der Waals surface area (Å²) in [5, 5.41) is 0. The molecule has 11 rings (SSSR count). The van der Waals surface area contributed by atoms with Crippen LogP contribution in [0.5, 0.6) is 0 Å². The minimum absolute atomic E-state index is 0.0502. The smallest absolute Gasteiger partial charge is 0.252 e. The van der Waals surface area contributed by atoms with Gasteiger partial charge in [0.05, 0.1) is 0 Å². The maximum atomic E-state index is 2.74. The molecule has 0 saturated heterocycles. The summed E-state index contributed by atoms with van der Waals surface area (Å²) in [5.74, 6) is 0. The second-order valence-corrected chi connectivity index (χ2v) is 25.1. The van der Waals surface area contributed by atoms with Gasteiger partial charge in [-0.1, -0.05) is 144 Å². The van der Waals surface area contributed by atoms with Crippen LogP contribution in [-0.2, 0) is 32.5 Å². The van der Waals surface area contributed by atoms with Crippen molar-refractivity contribution in [1.29, 1.82) is 0 Å². The van der Waals surface area contributed by atoms with Crippen molar-refractivity contribution in [3.63, 3.8) is 0 Å². The summed E-state index contributed by atoms with van der Waals surface area (Å²) in [5.41, 5.74) is 26.9. The summed E-state index contributed by atoms with van der Waals surface area (Å²) in [4.78, 5) is 5.40. The predicted octanol–water partition coefficient (Wildman–Crippen LogP) is 15.1. The van der Waals surface area contributed by atoms with Crippen molar-refractivity contribution in [3.05, 3.63) is 148 Å². The Bertz CT molecular complexity index is 2980. The molecule has 0 aromatic heterocycles. The number of nitrogens with zero attached hydrogens (tertiary/aromatic N) is 2. The Labute approximate surface area is 392 Å². The van der Waals surface area contributed by atoms with Crippen LogP contribution in [0.25, 0.3) is 11.1 Å². The molecule has 0 radical (unpaired) electrons. The van der Waals surface area contributed by atoms with E-state index in [1.807, 2.05) is 0 Å². The predicted molar refractivity (Wildman–Crippen MR) is 281 cm³/mol. The molecule has 0 amide bonds. The monoisotopic (exact) mass is 855 g/mol. The van der Waals surface area contributed by atoms with E-state index in [1.54, 1.807) is 0 Å². The zero-order chi connectivity index (χ0) is 46.0. The van der Waals surface area contributed by atoms with Crippen molar-refractivity contribution in [2.75, 3.05) is 9.80 Å². The fourth-order valence-electron chi connectivity index (χ4n) is 13.2. The molecule has 0 N–H and O–H groups in total. The molecule has 2 nitrogen and oxygen atoms in total. The Morgan fingerprint density at radius 3 is 1.43 bits per heavy atom. The molecular weight excluding hydrogens is 784 g/mol.